The Bertz CT molecular complexity index is 1000. The molecule has 0 saturated carbocycles. The number of pyridine rings is 1. The highest BCUT2D eigenvalue weighted by molar-refractivity contribution is 6.11. The summed E-state index contributed by atoms with van der Waals surface area (Å²) < 4.78 is 5.30. The van der Waals surface area contributed by atoms with E-state index in [-0.39, 0.29) is 17.4 Å². The number of carbonyl (C=O) groups excluding carboxylic acids is 2. The fourth-order valence-electron chi connectivity index (χ4n) is 2.84. The van der Waals surface area contributed by atoms with Crippen LogP contribution in [0.25, 0.3) is 0 Å². The number of hydrogen-bond acceptors (Lipinski definition) is 7. The molecular formula is C20H22N6O3. The lowest BCUT2D eigenvalue weighted by molar-refractivity contribution is -0.114. The number of anilines is 2. The van der Waals surface area contributed by atoms with Crippen molar-refractivity contribution < 1.29 is 14.3 Å². The Kier molecular flexibility index (Phi) is 5.77. The fraction of sp³-hybridized carbons (Fsp3) is 0.200. The number of ether oxygens (including phenoxy) is 1. The summed E-state index contributed by atoms with van der Waals surface area (Å²) in [5, 5.41) is 5.43. The number of nitrogens with one attached hydrogen (secondary N) is 2. The van der Waals surface area contributed by atoms with Crippen molar-refractivity contribution in [2.75, 3.05) is 31.3 Å². The predicted octanol–water partition coefficient (Wildman–Crippen LogP) is 1.55. The van der Waals surface area contributed by atoms with Gasteiger partial charge in [0.05, 0.1) is 25.1 Å². The van der Waals surface area contributed by atoms with E-state index in [1.54, 1.807) is 48.6 Å². The van der Waals surface area contributed by atoms with Crippen molar-refractivity contribution >= 4 is 28.9 Å². The minimum Gasteiger partial charge on any atom is -0.495 e. The van der Waals surface area contributed by atoms with E-state index in [0.29, 0.717) is 29.4 Å². The normalized spacial score (nSPS) is 13.6. The molecule has 2 aromatic rings. The molecule has 0 spiro atoms. The first kappa shape index (κ1) is 19.9. The zero-order valence-electron chi connectivity index (χ0n) is 16.4. The minimum atomic E-state index is -0.492. The highest BCUT2D eigenvalue weighted by atomic mass is 16.5. The van der Waals surface area contributed by atoms with Gasteiger partial charge in [0.15, 0.2) is 5.70 Å². The number of benzene rings is 1. The molecule has 9 heteroatoms. The van der Waals surface area contributed by atoms with Gasteiger partial charge in [0.25, 0.3) is 5.91 Å². The van der Waals surface area contributed by atoms with Gasteiger partial charge in [0.1, 0.15) is 11.6 Å². The van der Waals surface area contributed by atoms with Crippen molar-refractivity contribution in [1.29, 1.82) is 0 Å². The van der Waals surface area contributed by atoms with Gasteiger partial charge < -0.3 is 26.0 Å². The van der Waals surface area contributed by atoms with Crippen LogP contribution < -0.4 is 21.1 Å². The first-order valence-electron chi connectivity index (χ1n) is 8.85. The van der Waals surface area contributed by atoms with Gasteiger partial charge >= 0.3 is 0 Å². The van der Waals surface area contributed by atoms with Gasteiger partial charge in [-0.1, -0.05) is 6.07 Å². The summed E-state index contributed by atoms with van der Waals surface area (Å²) in [7, 11) is 3.27. The number of rotatable bonds is 5. The molecule has 9 nitrogen and oxygen atoms in total. The highest BCUT2D eigenvalue weighted by Gasteiger charge is 2.24. The number of carbonyl (C=O) groups is 2. The van der Waals surface area contributed by atoms with Crippen LogP contribution in [0.15, 0.2) is 59.2 Å². The lowest BCUT2D eigenvalue weighted by atomic mass is 10.1. The second kappa shape index (κ2) is 8.42. The van der Waals surface area contributed by atoms with Crippen LogP contribution >= 0.6 is 0 Å². The van der Waals surface area contributed by atoms with Gasteiger partial charge in [0, 0.05) is 37.6 Å². The average Bonchev–Trinajstić information content (AvgIpc) is 2.70. The van der Waals surface area contributed by atoms with Gasteiger partial charge in [-0.2, -0.15) is 0 Å². The largest absolute Gasteiger partial charge is 0.495 e. The van der Waals surface area contributed by atoms with Crippen LogP contribution in [0.4, 0.5) is 11.4 Å². The number of amides is 2. The minimum absolute atomic E-state index is 0.0876. The molecule has 1 aliphatic rings. The van der Waals surface area contributed by atoms with Crippen LogP contribution in [0.3, 0.4) is 0 Å². The number of likely N-dealkylation sites (N-methyl/N-ethyl adjacent to an activating group) is 1. The van der Waals surface area contributed by atoms with E-state index >= 15 is 0 Å². The van der Waals surface area contributed by atoms with E-state index in [1.807, 2.05) is 6.07 Å². The zero-order chi connectivity index (χ0) is 21.0. The maximum Gasteiger partial charge on any atom is 0.278 e. The quantitative estimate of drug-likeness (QED) is 0.707. The van der Waals surface area contributed by atoms with E-state index in [0.717, 1.165) is 5.56 Å². The summed E-state index contributed by atoms with van der Waals surface area (Å²) in [6, 6.07) is 8.61. The molecule has 0 saturated heterocycles. The maximum atomic E-state index is 13.0. The second-order valence-corrected chi connectivity index (χ2v) is 6.44. The Morgan fingerprint density at radius 3 is 2.69 bits per heavy atom. The fourth-order valence-corrected chi connectivity index (χ4v) is 2.84. The summed E-state index contributed by atoms with van der Waals surface area (Å²) in [4.78, 5) is 34.6. The molecule has 2 heterocycles. The smallest absolute Gasteiger partial charge is 0.278 e. The highest BCUT2D eigenvalue weighted by Crippen LogP contribution is 2.29. The number of nitrogens with zero attached hydrogens (tertiary/aromatic N) is 3. The number of aliphatic imine (C=N–C) groups is 1. The van der Waals surface area contributed by atoms with Crippen molar-refractivity contribution in [2.45, 2.75) is 6.92 Å². The molecule has 29 heavy (non-hydrogen) atoms. The van der Waals surface area contributed by atoms with Crippen LogP contribution in [-0.2, 0) is 9.59 Å². The van der Waals surface area contributed by atoms with Crippen molar-refractivity contribution in [3.63, 3.8) is 0 Å². The number of hydrogen-bond donors (Lipinski definition) is 3. The standard InChI is InChI=1S/C20H22N6O3/c1-12(27)23-14-6-7-17(29-3)15(9-14)25-20(28)18-19(21)26(2)11-16(24-18)13-5-4-8-22-10-13/h4-10H,11,21H2,1-3H3,(H,23,27)(H,25,28). The summed E-state index contributed by atoms with van der Waals surface area (Å²) >= 11 is 0. The summed E-state index contributed by atoms with van der Waals surface area (Å²) in [5.41, 5.74) is 8.60. The number of aromatic nitrogens is 1. The molecule has 1 aliphatic heterocycles. The Morgan fingerprint density at radius 1 is 1.24 bits per heavy atom. The zero-order valence-corrected chi connectivity index (χ0v) is 16.4. The Morgan fingerprint density at radius 2 is 2.03 bits per heavy atom. The molecule has 0 aliphatic carbocycles. The van der Waals surface area contributed by atoms with E-state index in [9.17, 15) is 9.59 Å². The molecule has 3 rings (SSSR count). The van der Waals surface area contributed by atoms with Crippen LogP contribution in [-0.4, -0.2) is 48.1 Å². The molecular weight excluding hydrogens is 372 g/mol. The van der Waals surface area contributed by atoms with Crippen molar-refractivity contribution in [3.05, 3.63) is 59.8 Å². The van der Waals surface area contributed by atoms with E-state index in [4.69, 9.17) is 10.5 Å². The molecule has 1 aromatic heterocycles. The van der Waals surface area contributed by atoms with E-state index in [1.165, 1.54) is 14.0 Å². The second-order valence-electron chi connectivity index (χ2n) is 6.44. The SMILES string of the molecule is COc1ccc(NC(C)=O)cc1NC(=O)C1=C(N)N(C)CC(c2cccnc2)=N1. The van der Waals surface area contributed by atoms with Gasteiger partial charge in [-0.3, -0.25) is 14.6 Å². The van der Waals surface area contributed by atoms with Crippen molar-refractivity contribution in [1.82, 2.24) is 9.88 Å². The van der Waals surface area contributed by atoms with Gasteiger partial charge in [-0.15, -0.1) is 0 Å². The first-order valence-corrected chi connectivity index (χ1v) is 8.85. The first-order chi connectivity index (χ1) is 13.9. The molecule has 0 bridgehead atoms. The van der Waals surface area contributed by atoms with Gasteiger partial charge in [-0.25, -0.2) is 4.99 Å². The van der Waals surface area contributed by atoms with Gasteiger partial charge in [0.2, 0.25) is 5.91 Å². The van der Waals surface area contributed by atoms with Gasteiger partial charge in [-0.05, 0) is 24.3 Å². The van der Waals surface area contributed by atoms with Crippen LogP contribution in [0.1, 0.15) is 12.5 Å². The third-order valence-corrected chi connectivity index (χ3v) is 4.27. The molecule has 2 amide bonds. The van der Waals surface area contributed by atoms with Crippen LogP contribution in [0.5, 0.6) is 5.75 Å². The third-order valence-electron chi connectivity index (χ3n) is 4.27. The van der Waals surface area contributed by atoms with E-state index in [2.05, 4.69) is 20.6 Å². The Hall–Kier alpha value is -3.88. The number of methoxy groups -OCH3 is 1. The molecule has 0 radical (unpaired) electrons. The third kappa shape index (κ3) is 4.52. The van der Waals surface area contributed by atoms with Crippen LogP contribution in [0, 0.1) is 0 Å². The molecule has 4 N–H and O–H groups in total. The van der Waals surface area contributed by atoms with Crippen LogP contribution in [0.2, 0.25) is 0 Å². The predicted molar refractivity (Wildman–Crippen MR) is 111 cm³/mol. The lowest BCUT2D eigenvalue weighted by Gasteiger charge is -2.26. The lowest BCUT2D eigenvalue weighted by Crippen LogP contribution is -2.37. The van der Waals surface area contributed by atoms with Crippen molar-refractivity contribution in [2.24, 2.45) is 10.7 Å². The molecule has 0 fully saturated rings. The molecule has 150 valence electrons. The maximum absolute atomic E-state index is 13.0. The van der Waals surface area contributed by atoms with E-state index < -0.39 is 5.91 Å². The summed E-state index contributed by atoms with van der Waals surface area (Å²) in [5.74, 6) is -0.0212. The summed E-state index contributed by atoms with van der Waals surface area (Å²) in [6.45, 7) is 1.86. The average molecular weight is 394 g/mol. The molecule has 1 aromatic carbocycles. The Balaban J connectivity index is 1.92. The Labute approximate surface area is 168 Å². The summed E-state index contributed by atoms with van der Waals surface area (Å²) in [6.07, 6.45) is 3.35. The molecule has 0 unspecified atom stereocenters. The molecule has 0 atom stereocenters. The topological polar surface area (TPSA) is 122 Å². The monoisotopic (exact) mass is 394 g/mol. The van der Waals surface area contributed by atoms with Crippen molar-refractivity contribution in [3.8, 4) is 5.75 Å². The number of nitrogens with two attached hydrogens (primary N) is 1.